The Morgan fingerprint density at radius 3 is 2.48 bits per heavy atom. The SMILES string of the molecule is COCc1ccccc1CNC(=O)CCN1C(=O)c2ccc(C)cc2C1=O. The van der Waals surface area contributed by atoms with Crippen molar-refractivity contribution in [2.45, 2.75) is 26.5 Å². The lowest BCUT2D eigenvalue weighted by atomic mass is 10.1. The van der Waals surface area contributed by atoms with Crippen LogP contribution in [0, 0.1) is 6.92 Å². The molecule has 1 heterocycles. The van der Waals surface area contributed by atoms with E-state index in [9.17, 15) is 14.4 Å². The van der Waals surface area contributed by atoms with Crippen LogP contribution in [0.3, 0.4) is 0 Å². The number of imide groups is 1. The number of carbonyl (C=O) groups excluding carboxylic acids is 3. The predicted molar refractivity (Wildman–Crippen MR) is 100 cm³/mol. The molecule has 1 aliphatic rings. The number of amides is 3. The fraction of sp³-hybridized carbons (Fsp3) is 0.286. The van der Waals surface area contributed by atoms with Gasteiger partial charge in [-0.05, 0) is 30.2 Å². The molecule has 1 N–H and O–H groups in total. The Morgan fingerprint density at radius 2 is 1.74 bits per heavy atom. The molecule has 6 nitrogen and oxygen atoms in total. The van der Waals surface area contributed by atoms with Crippen LogP contribution in [0.15, 0.2) is 42.5 Å². The molecule has 3 rings (SSSR count). The minimum atomic E-state index is -0.340. The molecule has 0 bridgehead atoms. The summed E-state index contributed by atoms with van der Waals surface area (Å²) in [5, 5.41) is 2.84. The molecule has 0 atom stereocenters. The number of aryl methyl sites for hydroxylation is 1. The molecule has 2 aromatic carbocycles. The first kappa shape index (κ1) is 18.8. The van der Waals surface area contributed by atoms with Crippen molar-refractivity contribution >= 4 is 17.7 Å². The number of nitrogens with zero attached hydrogens (tertiary/aromatic N) is 1. The first-order valence-corrected chi connectivity index (χ1v) is 8.80. The molecular weight excluding hydrogens is 344 g/mol. The zero-order valence-electron chi connectivity index (χ0n) is 15.5. The number of rotatable bonds is 7. The van der Waals surface area contributed by atoms with Gasteiger partial charge in [0.15, 0.2) is 0 Å². The van der Waals surface area contributed by atoms with Crippen molar-refractivity contribution in [3.8, 4) is 0 Å². The van der Waals surface area contributed by atoms with Gasteiger partial charge in [-0.1, -0.05) is 35.9 Å². The van der Waals surface area contributed by atoms with Crippen LogP contribution in [0.1, 0.15) is 43.8 Å². The van der Waals surface area contributed by atoms with Crippen molar-refractivity contribution in [3.05, 3.63) is 70.3 Å². The minimum absolute atomic E-state index is 0.0664. The monoisotopic (exact) mass is 366 g/mol. The van der Waals surface area contributed by atoms with Gasteiger partial charge in [0.25, 0.3) is 11.8 Å². The lowest BCUT2D eigenvalue weighted by Gasteiger charge is -2.14. The molecule has 3 amide bonds. The van der Waals surface area contributed by atoms with Crippen LogP contribution in [0.4, 0.5) is 0 Å². The second kappa shape index (κ2) is 8.14. The molecule has 1 aliphatic heterocycles. The van der Waals surface area contributed by atoms with Crippen LogP contribution < -0.4 is 5.32 Å². The van der Waals surface area contributed by atoms with Gasteiger partial charge in [0.05, 0.1) is 17.7 Å². The Labute approximate surface area is 158 Å². The Morgan fingerprint density at radius 1 is 1.04 bits per heavy atom. The fourth-order valence-electron chi connectivity index (χ4n) is 3.13. The smallest absolute Gasteiger partial charge is 0.261 e. The topological polar surface area (TPSA) is 75.7 Å². The summed E-state index contributed by atoms with van der Waals surface area (Å²) in [6, 6.07) is 12.9. The van der Waals surface area contributed by atoms with Crippen molar-refractivity contribution in [3.63, 3.8) is 0 Å². The van der Waals surface area contributed by atoms with Crippen LogP contribution in [-0.4, -0.2) is 36.3 Å². The van der Waals surface area contributed by atoms with Crippen molar-refractivity contribution in [2.24, 2.45) is 0 Å². The summed E-state index contributed by atoms with van der Waals surface area (Å²) in [6.45, 7) is 2.78. The number of benzene rings is 2. The van der Waals surface area contributed by atoms with Crippen molar-refractivity contribution < 1.29 is 19.1 Å². The van der Waals surface area contributed by atoms with E-state index in [2.05, 4.69) is 5.32 Å². The van der Waals surface area contributed by atoms with Gasteiger partial charge in [-0.25, -0.2) is 0 Å². The average Bonchev–Trinajstić information content (AvgIpc) is 2.89. The lowest BCUT2D eigenvalue weighted by molar-refractivity contribution is -0.121. The summed E-state index contributed by atoms with van der Waals surface area (Å²) in [7, 11) is 1.62. The van der Waals surface area contributed by atoms with Gasteiger partial charge in [0, 0.05) is 26.6 Å². The molecule has 140 valence electrons. The fourth-order valence-corrected chi connectivity index (χ4v) is 3.13. The highest BCUT2D eigenvalue weighted by atomic mass is 16.5. The zero-order valence-corrected chi connectivity index (χ0v) is 15.5. The number of methoxy groups -OCH3 is 1. The van der Waals surface area contributed by atoms with E-state index >= 15 is 0 Å². The highest BCUT2D eigenvalue weighted by molar-refractivity contribution is 6.21. The summed E-state index contributed by atoms with van der Waals surface area (Å²) < 4.78 is 5.16. The average molecular weight is 366 g/mol. The molecule has 27 heavy (non-hydrogen) atoms. The standard InChI is InChI=1S/C21H22N2O4/c1-14-7-8-17-18(11-14)21(26)23(20(17)25)10-9-19(24)22-12-15-5-3-4-6-16(15)13-27-2/h3-8,11H,9-10,12-13H2,1-2H3,(H,22,24). The van der Waals surface area contributed by atoms with Crippen molar-refractivity contribution in [2.75, 3.05) is 13.7 Å². The van der Waals surface area contributed by atoms with Gasteiger partial charge >= 0.3 is 0 Å². The summed E-state index contributed by atoms with van der Waals surface area (Å²) in [5.41, 5.74) is 3.72. The van der Waals surface area contributed by atoms with E-state index in [-0.39, 0.29) is 30.7 Å². The number of carbonyl (C=O) groups is 3. The number of hydrogen-bond donors (Lipinski definition) is 1. The highest BCUT2D eigenvalue weighted by Crippen LogP contribution is 2.23. The molecule has 0 saturated heterocycles. The molecule has 0 aliphatic carbocycles. The quantitative estimate of drug-likeness (QED) is 0.764. The molecule has 2 aromatic rings. The van der Waals surface area contributed by atoms with Gasteiger partial charge in [0.1, 0.15) is 0 Å². The molecule has 6 heteroatoms. The molecule has 0 aromatic heterocycles. The van der Waals surface area contributed by atoms with Crippen LogP contribution in [0.2, 0.25) is 0 Å². The summed E-state index contributed by atoms with van der Waals surface area (Å²) >= 11 is 0. The number of hydrogen-bond acceptors (Lipinski definition) is 4. The molecule has 0 fully saturated rings. The van der Waals surface area contributed by atoms with E-state index in [1.54, 1.807) is 25.3 Å². The summed E-state index contributed by atoms with van der Waals surface area (Å²) in [4.78, 5) is 38.1. The summed E-state index contributed by atoms with van der Waals surface area (Å²) in [6.07, 6.45) is 0.0664. The van der Waals surface area contributed by atoms with Gasteiger partial charge in [-0.15, -0.1) is 0 Å². The molecule has 0 saturated carbocycles. The third kappa shape index (κ3) is 4.06. The van der Waals surface area contributed by atoms with Crippen molar-refractivity contribution in [1.82, 2.24) is 10.2 Å². The zero-order chi connectivity index (χ0) is 19.4. The third-order valence-corrected chi connectivity index (χ3v) is 4.58. The largest absolute Gasteiger partial charge is 0.380 e. The maximum absolute atomic E-state index is 12.4. The van der Waals surface area contributed by atoms with E-state index in [4.69, 9.17) is 4.74 Å². The Bertz CT molecular complexity index is 892. The maximum Gasteiger partial charge on any atom is 0.261 e. The Hall–Kier alpha value is -2.99. The molecule has 0 spiro atoms. The Balaban J connectivity index is 1.56. The van der Waals surface area contributed by atoms with Gasteiger partial charge < -0.3 is 10.1 Å². The third-order valence-electron chi connectivity index (χ3n) is 4.58. The lowest BCUT2D eigenvalue weighted by Crippen LogP contribution is -2.34. The minimum Gasteiger partial charge on any atom is -0.380 e. The second-order valence-electron chi connectivity index (χ2n) is 6.54. The first-order chi connectivity index (χ1) is 13.0. The van der Waals surface area contributed by atoms with Gasteiger partial charge in [-0.2, -0.15) is 0 Å². The van der Waals surface area contributed by atoms with Crippen LogP contribution >= 0.6 is 0 Å². The summed E-state index contributed by atoms with van der Waals surface area (Å²) in [5.74, 6) is -0.889. The normalized spacial score (nSPS) is 13.0. The molecular formula is C21H22N2O4. The first-order valence-electron chi connectivity index (χ1n) is 8.80. The number of nitrogens with one attached hydrogen (secondary N) is 1. The molecule has 0 unspecified atom stereocenters. The second-order valence-corrected chi connectivity index (χ2v) is 6.54. The van der Waals surface area contributed by atoms with E-state index in [1.807, 2.05) is 31.2 Å². The van der Waals surface area contributed by atoms with Gasteiger partial charge in [0.2, 0.25) is 5.91 Å². The van der Waals surface area contributed by atoms with Crippen LogP contribution in [0.5, 0.6) is 0 Å². The number of fused-ring (bicyclic) bond motifs is 1. The Kier molecular flexibility index (Phi) is 5.66. The van der Waals surface area contributed by atoms with E-state index < -0.39 is 0 Å². The van der Waals surface area contributed by atoms with Crippen LogP contribution in [-0.2, 0) is 22.7 Å². The highest BCUT2D eigenvalue weighted by Gasteiger charge is 2.35. The molecule has 0 radical (unpaired) electrons. The maximum atomic E-state index is 12.4. The van der Waals surface area contributed by atoms with Crippen molar-refractivity contribution in [1.29, 1.82) is 0 Å². The van der Waals surface area contributed by atoms with E-state index in [1.165, 1.54) is 0 Å². The van der Waals surface area contributed by atoms with E-state index in [0.717, 1.165) is 21.6 Å². The van der Waals surface area contributed by atoms with Gasteiger partial charge in [-0.3, -0.25) is 19.3 Å². The van der Waals surface area contributed by atoms with Crippen LogP contribution in [0.25, 0.3) is 0 Å². The van der Waals surface area contributed by atoms with E-state index in [0.29, 0.717) is 24.3 Å². The predicted octanol–water partition coefficient (Wildman–Crippen LogP) is 2.44. The number of ether oxygens (including phenoxy) is 1.